The normalized spacial score (nSPS) is 11.8. The van der Waals surface area contributed by atoms with E-state index in [1.165, 1.54) is 0 Å². The Morgan fingerprint density at radius 2 is 1.66 bits per heavy atom. The third kappa shape index (κ3) is 5.98. The number of sulfonamides is 1. The van der Waals surface area contributed by atoms with Gasteiger partial charge in [-0.3, -0.25) is 4.72 Å². The number of benzene rings is 2. The van der Waals surface area contributed by atoms with E-state index in [1.54, 1.807) is 12.1 Å². The Kier molecular flexibility index (Phi) is 6.97. The van der Waals surface area contributed by atoms with Crippen LogP contribution in [0.5, 0.6) is 5.75 Å². The lowest BCUT2D eigenvalue weighted by Crippen LogP contribution is -2.18. The van der Waals surface area contributed by atoms with E-state index >= 15 is 0 Å². The molecule has 0 aliphatic carbocycles. The fraction of sp³-hybridized carbons (Fsp3) is 0.435. The molecule has 0 aliphatic heterocycles. The van der Waals surface area contributed by atoms with Gasteiger partial charge in [0.1, 0.15) is 5.75 Å². The van der Waals surface area contributed by atoms with Crippen molar-refractivity contribution in [2.24, 2.45) is 0 Å². The third-order valence-corrected chi connectivity index (χ3v) is 6.29. The monoisotopic (exact) mass is 414 g/mol. The molecule has 0 bridgehead atoms. The van der Waals surface area contributed by atoms with Gasteiger partial charge in [0.25, 0.3) is 10.0 Å². The first-order valence-electron chi connectivity index (χ1n) is 9.70. The second kappa shape index (κ2) is 8.87. The van der Waals surface area contributed by atoms with Crippen LogP contribution in [0.1, 0.15) is 55.9 Å². The second-order valence-corrected chi connectivity index (χ2v) is 10.1. The Bertz CT molecular complexity index is 1010. The van der Waals surface area contributed by atoms with Crippen molar-refractivity contribution in [1.82, 2.24) is 0 Å². The predicted octanol–water partition coefficient (Wildman–Crippen LogP) is 5.39. The van der Waals surface area contributed by atoms with E-state index < -0.39 is 10.0 Å². The van der Waals surface area contributed by atoms with Crippen LogP contribution < -0.4 is 9.46 Å². The van der Waals surface area contributed by atoms with E-state index in [1.807, 2.05) is 39.0 Å². The molecule has 156 valence electrons. The molecule has 0 radical (unpaired) electrons. The lowest BCUT2D eigenvalue weighted by Gasteiger charge is -2.22. The van der Waals surface area contributed by atoms with Crippen molar-refractivity contribution >= 4 is 15.7 Å². The zero-order valence-corrected chi connectivity index (χ0v) is 18.9. The second-order valence-electron chi connectivity index (χ2n) is 8.44. The maximum absolute atomic E-state index is 13.1. The Balaban J connectivity index is 2.32. The zero-order chi connectivity index (χ0) is 21.8. The van der Waals surface area contributed by atoms with Crippen molar-refractivity contribution in [3.8, 4) is 11.8 Å². The Labute approximate surface area is 174 Å². The van der Waals surface area contributed by atoms with Crippen molar-refractivity contribution in [3.63, 3.8) is 0 Å². The van der Waals surface area contributed by atoms with Crippen molar-refractivity contribution in [1.29, 1.82) is 5.26 Å². The third-order valence-electron chi connectivity index (χ3n) is 4.60. The van der Waals surface area contributed by atoms with Gasteiger partial charge in [0.15, 0.2) is 0 Å². The maximum atomic E-state index is 13.1. The van der Waals surface area contributed by atoms with Gasteiger partial charge in [0.2, 0.25) is 0 Å². The lowest BCUT2D eigenvalue weighted by molar-refractivity contribution is 0.312. The highest BCUT2D eigenvalue weighted by molar-refractivity contribution is 7.92. The van der Waals surface area contributed by atoms with Gasteiger partial charge in [-0.15, -0.1) is 0 Å². The van der Waals surface area contributed by atoms with E-state index in [-0.39, 0.29) is 5.41 Å². The summed E-state index contributed by atoms with van der Waals surface area (Å²) in [6, 6.07) is 11.3. The summed E-state index contributed by atoms with van der Waals surface area (Å²) >= 11 is 0. The highest BCUT2D eigenvalue weighted by Gasteiger charge is 2.23. The highest BCUT2D eigenvalue weighted by Crippen LogP contribution is 2.31. The number of nitrogens with one attached hydrogen (secondary N) is 1. The number of nitrogens with zero attached hydrogens (tertiary/aromatic N) is 1. The Hall–Kier alpha value is -2.52. The topological polar surface area (TPSA) is 79.2 Å². The molecule has 0 aliphatic rings. The molecule has 0 heterocycles. The standard InChI is InChI=1S/C23H30N2O3S/c1-16-11-20(15-21(12-16)28-10-8-7-9-24)25-29(26,27)22-17(2)13-19(14-18(22)3)23(4,5)6/h11-15,25H,7-8,10H2,1-6H3. The number of nitriles is 1. The number of ether oxygens (including phenoxy) is 1. The summed E-state index contributed by atoms with van der Waals surface area (Å²) in [7, 11) is -3.75. The number of hydrogen-bond acceptors (Lipinski definition) is 4. The van der Waals surface area contributed by atoms with Crippen molar-refractivity contribution in [2.45, 2.75) is 64.7 Å². The van der Waals surface area contributed by atoms with E-state index in [2.05, 4.69) is 31.6 Å². The molecular weight excluding hydrogens is 384 g/mol. The molecule has 5 nitrogen and oxygen atoms in total. The first-order chi connectivity index (χ1) is 13.4. The van der Waals surface area contributed by atoms with Crippen LogP contribution in [-0.4, -0.2) is 15.0 Å². The van der Waals surface area contributed by atoms with Crippen LogP contribution in [0.3, 0.4) is 0 Å². The molecule has 0 aromatic heterocycles. The predicted molar refractivity (Wildman–Crippen MR) is 117 cm³/mol. The van der Waals surface area contributed by atoms with Gasteiger partial charge in [0, 0.05) is 12.5 Å². The van der Waals surface area contributed by atoms with Gasteiger partial charge in [-0.2, -0.15) is 5.26 Å². The summed E-state index contributed by atoms with van der Waals surface area (Å²) in [6.07, 6.45) is 1.05. The largest absolute Gasteiger partial charge is 0.493 e. The molecule has 0 fully saturated rings. The molecule has 6 heteroatoms. The minimum absolute atomic E-state index is 0.0560. The van der Waals surface area contributed by atoms with Gasteiger partial charge >= 0.3 is 0 Å². The van der Waals surface area contributed by atoms with E-state index in [0.717, 1.165) is 22.3 Å². The van der Waals surface area contributed by atoms with Gasteiger partial charge in [0.05, 0.1) is 23.3 Å². The molecule has 0 atom stereocenters. The molecule has 2 rings (SSSR count). The van der Waals surface area contributed by atoms with Crippen LogP contribution in [-0.2, 0) is 15.4 Å². The summed E-state index contributed by atoms with van der Waals surface area (Å²) in [5.41, 5.74) is 3.84. The molecule has 0 amide bonds. The van der Waals surface area contributed by atoms with Gasteiger partial charge in [-0.25, -0.2) is 8.42 Å². The molecule has 1 N–H and O–H groups in total. The van der Waals surface area contributed by atoms with Crippen molar-refractivity contribution < 1.29 is 13.2 Å². The quantitative estimate of drug-likeness (QED) is 0.616. The lowest BCUT2D eigenvalue weighted by atomic mass is 9.85. The molecule has 29 heavy (non-hydrogen) atoms. The summed E-state index contributed by atoms with van der Waals surface area (Å²) in [5, 5.41) is 8.61. The van der Waals surface area contributed by atoms with Crippen LogP contribution in [0.4, 0.5) is 5.69 Å². The number of unbranched alkanes of at least 4 members (excludes halogenated alkanes) is 1. The van der Waals surface area contributed by atoms with Crippen LogP contribution >= 0.6 is 0 Å². The Morgan fingerprint density at radius 1 is 1.03 bits per heavy atom. The van der Waals surface area contributed by atoms with Crippen LogP contribution in [0, 0.1) is 32.1 Å². The molecular formula is C23H30N2O3S. The molecule has 0 saturated heterocycles. The molecule has 0 saturated carbocycles. The molecule has 2 aromatic rings. The van der Waals surface area contributed by atoms with E-state index in [9.17, 15) is 8.42 Å². The summed E-state index contributed by atoms with van der Waals surface area (Å²) in [6.45, 7) is 12.3. The van der Waals surface area contributed by atoms with Crippen LogP contribution in [0.2, 0.25) is 0 Å². The smallest absolute Gasteiger partial charge is 0.262 e. The number of hydrogen-bond donors (Lipinski definition) is 1. The summed E-state index contributed by atoms with van der Waals surface area (Å²) < 4.78 is 34.6. The Morgan fingerprint density at radius 3 is 2.21 bits per heavy atom. The first kappa shape index (κ1) is 22.8. The van der Waals surface area contributed by atoms with E-state index in [0.29, 0.717) is 35.8 Å². The summed E-state index contributed by atoms with van der Waals surface area (Å²) in [5.74, 6) is 0.581. The van der Waals surface area contributed by atoms with Crippen LogP contribution in [0.15, 0.2) is 35.2 Å². The van der Waals surface area contributed by atoms with Gasteiger partial charge in [-0.05, 0) is 67.0 Å². The fourth-order valence-electron chi connectivity index (χ4n) is 3.24. The van der Waals surface area contributed by atoms with Gasteiger partial charge in [-0.1, -0.05) is 32.9 Å². The highest BCUT2D eigenvalue weighted by atomic mass is 32.2. The number of anilines is 1. The molecule has 0 spiro atoms. The minimum Gasteiger partial charge on any atom is -0.493 e. The SMILES string of the molecule is Cc1cc(NS(=O)(=O)c2c(C)cc(C(C)(C)C)cc2C)cc(OCCCC#N)c1. The maximum Gasteiger partial charge on any atom is 0.262 e. The summed E-state index contributed by atoms with van der Waals surface area (Å²) in [4.78, 5) is 0.309. The van der Waals surface area contributed by atoms with Crippen molar-refractivity contribution in [2.75, 3.05) is 11.3 Å². The first-order valence-corrected chi connectivity index (χ1v) is 11.2. The average molecular weight is 415 g/mol. The van der Waals surface area contributed by atoms with Crippen molar-refractivity contribution in [3.05, 3.63) is 52.6 Å². The number of rotatable bonds is 7. The fourth-order valence-corrected chi connectivity index (χ4v) is 4.74. The van der Waals surface area contributed by atoms with E-state index in [4.69, 9.17) is 10.00 Å². The average Bonchev–Trinajstić information content (AvgIpc) is 2.56. The van der Waals surface area contributed by atoms with Gasteiger partial charge < -0.3 is 4.74 Å². The van der Waals surface area contributed by atoms with Crippen LogP contribution in [0.25, 0.3) is 0 Å². The molecule has 2 aromatic carbocycles. The molecule has 0 unspecified atom stereocenters. The number of aryl methyl sites for hydroxylation is 3. The minimum atomic E-state index is -3.75. The zero-order valence-electron chi connectivity index (χ0n) is 18.1.